The van der Waals surface area contributed by atoms with Gasteiger partial charge in [0.15, 0.2) is 11.6 Å². The molecule has 2 atom stereocenters. The number of halogens is 3. The van der Waals surface area contributed by atoms with Crippen LogP contribution >= 0.6 is 0 Å². The van der Waals surface area contributed by atoms with E-state index in [2.05, 4.69) is 4.99 Å². The molecule has 3 N–H and O–H groups in total. The van der Waals surface area contributed by atoms with Crippen LogP contribution in [0.25, 0.3) is 0 Å². The zero-order valence-electron chi connectivity index (χ0n) is 10.4. The third kappa shape index (κ3) is 3.74. The number of guanidine groups is 1. The molecule has 0 aromatic heterocycles. The average molecular weight is 269 g/mol. The summed E-state index contributed by atoms with van der Waals surface area (Å²) >= 11 is 0. The van der Waals surface area contributed by atoms with Crippen LogP contribution < -0.4 is 5.73 Å². The highest BCUT2D eigenvalue weighted by molar-refractivity contribution is 5.78. The van der Waals surface area contributed by atoms with Crippen LogP contribution in [0.4, 0.5) is 13.2 Å². The Labute approximate surface area is 103 Å². The van der Waals surface area contributed by atoms with Crippen molar-refractivity contribution in [2.45, 2.75) is 31.7 Å². The van der Waals surface area contributed by atoms with Crippen molar-refractivity contribution in [2.75, 3.05) is 26.2 Å². The van der Waals surface area contributed by atoms with E-state index < -0.39 is 18.3 Å². The molecule has 1 saturated heterocycles. The van der Waals surface area contributed by atoms with Crippen LogP contribution in [-0.4, -0.2) is 60.1 Å². The molecule has 0 saturated carbocycles. The molecule has 5 nitrogen and oxygen atoms in total. The summed E-state index contributed by atoms with van der Waals surface area (Å²) in [6.45, 7) is 3.11. The average Bonchev–Trinajstić information content (AvgIpc) is 2.24. The van der Waals surface area contributed by atoms with Crippen molar-refractivity contribution in [1.82, 2.24) is 4.90 Å². The van der Waals surface area contributed by atoms with Crippen LogP contribution in [0.2, 0.25) is 0 Å². The first-order valence-electron chi connectivity index (χ1n) is 5.59. The van der Waals surface area contributed by atoms with E-state index in [9.17, 15) is 18.3 Å². The minimum Gasteiger partial charge on any atom is -0.379 e. The number of aliphatic hydroxyl groups is 1. The fraction of sp³-hybridized carbons (Fsp3) is 0.900. The molecule has 0 aromatic carbocycles. The second kappa shape index (κ2) is 5.31. The van der Waals surface area contributed by atoms with Gasteiger partial charge in [-0.3, -0.25) is 0 Å². The van der Waals surface area contributed by atoms with Crippen LogP contribution in [0, 0.1) is 0 Å². The largest absolute Gasteiger partial charge is 0.418 e. The Kier molecular flexibility index (Phi) is 4.44. The zero-order valence-corrected chi connectivity index (χ0v) is 10.4. The topological polar surface area (TPSA) is 71.1 Å². The predicted molar refractivity (Wildman–Crippen MR) is 60.2 cm³/mol. The van der Waals surface area contributed by atoms with Gasteiger partial charge >= 0.3 is 6.18 Å². The lowest BCUT2D eigenvalue weighted by atomic mass is 10.1. The molecule has 0 spiro atoms. The fourth-order valence-corrected chi connectivity index (χ4v) is 1.45. The SMILES string of the molecule is CC1CN(C(N)=NCC(C)(O)C(F)(F)F)CCO1. The van der Waals surface area contributed by atoms with Crippen LogP contribution in [-0.2, 0) is 4.74 Å². The van der Waals surface area contributed by atoms with Crippen LogP contribution in [0.1, 0.15) is 13.8 Å². The van der Waals surface area contributed by atoms with E-state index in [4.69, 9.17) is 10.5 Å². The Bertz CT molecular complexity index is 318. The molecule has 0 aliphatic carbocycles. The molecule has 1 aliphatic heterocycles. The van der Waals surface area contributed by atoms with E-state index in [1.165, 1.54) is 0 Å². The van der Waals surface area contributed by atoms with E-state index in [1.807, 2.05) is 6.92 Å². The van der Waals surface area contributed by atoms with Crippen molar-refractivity contribution in [2.24, 2.45) is 10.7 Å². The Hall–Kier alpha value is -1.02. The predicted octanol–water partition coefficient (Wildman–Crippen LogP) is 0.335. The molecule has 8 heteroatoms. The van der Waals surface area contributed by atoms with Crippen LogP contribution in [0.3, 0.4) is 0 Å². The van der Waals surface area contributed by atoms with Crippen molar-refractivity contribution in [1.29, 1.82) is 0 Å². The lowest BCUT2D eigenvalue weighted by molar-refractivity contribution is -0.248. The summed E-state index contributed by atoms with van der Waals surface area (Å²) in [6.07, 6.45) is -4.77. The minimum atomic E-state index is -4.73. The molecular weight excluding hydrogens is 251 g/mol. The molecular formula is C10H18F3N3O2. The molecule has 1 aliphatic rings. The number of alkyl halides is 3. The van der Waals surface area contributed by atoms with Gasteiger partial charge < -0.3 is 20.5 Å². The van der Waals surface area contributed by atoms with E-state index in [0.29, 0.717) is 26.6 Å². The van der Waals surface area contributed by atoms with E-state index in [-0.39, 0.29) is 12.1 Å². The van der Waals surface area contributed by atoms with Crippen molar-refractivity contribution in [3.8, 4) is 0 Å². The van der Waals surface area contributed by atoms with Gasteiger partial charge in [-0.05, 0) is 13.8 Å². The molecule has 1 rings (SSSR count). The summed E-state index contributed by atoms with van der Waals surface area (Å²) in [4.78, 5) is 5.25. The van der Waals surface area contributed by atoms with Crippen LogP contribution in [0.5, 0.6) is 0 Å². The van der Waals surface area contributed by atoms with E-state index >= 15 is 0 Å². The number of ether oxygens (including phenoxy) is 1. The van der Waals surface area contributed by atoms with Gasteiger partial charge in [0.2, 0.25) is 0 Å². The molecule has 18 heavy (non-hydrogen) atoms. The molecule has 1 heterocycles. The lowest BCUT2D eigenvalue weighted by Gasteiger charge is -2.32. The van der Waals surface area contributed by atoms with Gasteiger partial charge in [-0.1, -0.05) is 0 Å². The quantitative estimate of drug-likeness (QED) is 0.560. The number of morpholine rings is 1. The summed E-state index contributed by atoms with van der Waals surface area (Å²) in [7, 11) is 0. The summed E-state index contributed by atoms with van der Waals surface area (Å²) in [5.41, 5.74) is 2.74. The Morgan fingerprint density at radius 1 is 1.56 bits per heavy atom. The molecule has 1 fully saturated rings. The first kappa shape index (κ1) is 15.0. The minimum absolute atomic E-state index is 0.00493. The molecule has 0 radical (unpaired) electrons. The molecule has 2 unspecified atom stereocenters. The van der Waals surface area contributed by atoms with Gasteiger partial charge in [-0.15, -0.1) is 0 Å². The van der Waals surface area contributed by atoms with Crippen molar-refractivity contribution < 1.29 is 23.0 Å². The van der Waals surface area contributed by atoms with Gasteiger partial charge in [0.1, 0.15) is 0 Å². The van der Waals surface area contributed by atoms with Crippen LogP contribution in [0.15, 0.2) is 4.99 Å². The summed E-state index contributed by atoms with van der Waals surface area (Å²) in [6, 6.07) is 0. The lowest BCUT2D eigenvalue weighted by Crippen LogP contribution is -2.49. The highest BCUT2D eigenvalue weighted by atomic mass is 19.4. The summed E-state index contributed by atoms with van der Waals surface area (Å²) in [5, 5.41) is 9.22. The Morgan fingerprint density at radius 3 is 2.67 bits per heavy atom. The Balaban J connectivity index is 2.61. The number of aliphatic imine (C=N–C) groups is 1. The maximum absolute atomic E-state index is 12.4. The molecule has 106 valence electrons. The fourth-order valence-electron chi connectivity index (χ4n) is 1.45. The van der Waals surface area contributed by atoms with Gasteiger partial charge in [0.05, 0.1) is 19.3 Å². The number of hydrogen-bond acceptors (Lipinski definition) is 3. The molecule has 0 bridgehead atoms. The van der Waals surface area contributed by atoms with Gasteiger partial charge in [-0.2, -0.15) is 13.2 Å². The second-order valence-corrected chi connectivity index (χ2v) is 4.57. The molecule has 0 aromatic rings. The number of nitrogens with two attached hydrogens (primary N) is 1. The van der Waals surface area contributed by atoms with E-state index in [0.717, 1.165) is 0 Å². The monoisotopic (exact) mass is 269 g/mol. The summed E-state index contributed by atoms with van der Waals surface area (Å²) < 4.78 is 42.5. The highest BCUT2D eigenvalue weighted by Gasteiger charge is 2.49. The van der Waals surface area contributed by atoms with Crippen molar-refractivity contribution >= 4 is 5.96 Å². The zero-order chi connectivity index (χ0) is 14.0. The maximum Gasteiger partial charge on any atom is 0.418 e. The number of nitrogens with zero attached hydrogens (tertiary/aromatic N) is 2. The second-order valence-electron chi connectivity index (χ2n) is 4.57. The standard InChI is InChI=1S/C10H18F3N3O2/c1-7-5-16(3-4-18-7)8(14)15-6-9(2,17)10(11,12)13/h7,17H,3-6H2,1-2H3,(H2,14,15). The van der Waals surface area contributed by atoms with Crippen molar-refractivity contribution in [3.63, 3.8) is 0 Å². The highest BCUT2D eigenvalue weighted by Crippen LogP contribution is 2.30. The number of rotatable bonds is 2. The first-order valence-corrected chi connectivity index (χ1v) is 5.59. The Morgan fingerprint density at radius 2 is 2.17 bits per heavy atom. The van der Waals surface area contributed by atoms with Crippen molar-refractivity contribution in [3.05, 3.63) is 0 Å². The smallest absolute Gasteiger partial charge is 0.379 e. The third-order valence-electron chi connectivity index (χ3n) is 2.72. The van der Waals surface area contributed by atoms with E-state index in [1.54, 1.807) is 4.90 Å². The normalized spacial score (nSPS) is 26.0. The third-order valence-corrected chi connectivity index (χ3v) is 2.72. The van der Waals surface area contributed by atoms with Gasteiger partial charge in [0.25, 0.3) is 0 Å². The van der Waals surface area contributed by atoms with Gasteiger partial charge in [-0.25, -0.2) is 4.99 Å². The van der Waals surface area contributed by atoms with Gasteiger partial charge in [0, 0.05) is 13.1 Å². The summed E-state index contributed by atoms with van der Waals surface area (Å²) in [5.74, 6) is -0.00493. The number of hydrogen-bond donors (Lipinski definition) is 2. The molecule has 0 amide bonds. The first-order chi connectivity index (χ1) is 8.13. The maximum atomic E-state index is 12.4.